The first kappa shape index (κ1) is 16.5. The minimum absolute atomic E-state index is 0.121. The Kier molecular flexibility index (Phi) is 6.06. The predicted octanol–water partition coefficient (Wildman–Crippen LogP) is 2.82. The lowest BCUT2D eigenvalue weighted by molar-refractivity contribution is -0.116. The molecular weight excluding hydrogens is 286 g/mol. The second kappa shape index (κ2) is 8.46. The van der Waals surface area contributed by atoms with E-state index >= 15 is 0 Å². The first-order chi connectivity index (χ1) is 11.3. The van der Waals surface area contributed by atoms with E-state index in [0.717, 1.165) is 31.2 Å². The topological polar surface area (TPSA) is 35.6 Å². The number of carbonyl (C=O) groups is 1. The Hall–Kier alpha value is -1.39. The number of piperidine rings is 1. The molecule has 2 saturated heterocycles. The highest BCUT2D eigenvalue weighted by molar-refractivity contribution is 5.90. The molecular formula is C19H29N3O. The number of anilines is 1. The molecule has 2 heterocycles. The number of nitrogens with zero attached hydrogens (tertiary/aromatic N) is 2. The van der Waals surface area contributed by atoms with Gasteiger partial charge in [-0.3, -0.25) is 4.79 Å². The Balaban J connectivity index is 1.32. The molecule has 0 bridgehead atoms. The van der Waals surface area contributed by atoms with Gasteiger partial charge in [-0.25, -0.2) is 0 Å². The number of benzene rings is 1. The van der Waals surface area contributed by atoms with Crippen LogP contribution < -0.4 is 5.32 Å². The molecule has 0 spiro atoms. The number of nitrogens with one attached hydrogen (secondary N) is 1. The summed E-state index contributed by atoms with van der Waals surface area (Å²) in [5.74, 6) is 0.984. The van der Waals surface area contributed by atoms with Crippen molar-refractivity contribution in [2.45, 2.75) is 32.1 Å². The van der Waals surface area contributed by atoms with Crippen molar-refractivity contribution in [2.75, 3.05) is 44.6 Å². The minimum atomic E-state index is 0.121. The zero-order chi connectivity index (χ0) is 15.9. The normalized spacial score (nSPS) is 20.7. The third-order valence-electron chi connectivity index (χ3n) is 5.13. The molecule has 1 amide bonds. The van der Waals surface area contributed by atoms with Crippen LogP contribution >= 0.6 is 0 Å². The van der Waals surface area contributed by atoms with Crippen molar-refractivity contribution in [3.05, 3.63) is 30.3 Å². The molecule has 0 saturated carbocycles. The summed E-state index contributed by atoms with van der Waals surface area (Å²) in [6.07, 6.45) is 5.93. The standard InChI is InChI=1S/C19H29N3O/c23-19(20-18-6-2-1-3-7-18)10-15-21-13-8-17(9-14-21)16-22-11-4-5-12-22/h1-3,6-7,17H,4-5,8-16H2,(H,20,23). The van der Waals surface area contributed by atoms with Gasteiger partial charge in [0, 0.05) is 25.2 Å². The van der Waals surface area contributed by atoms with Crippen LogP contribution in [0, 0.1) is 5.92 Å². The third kappa shape index (κ3) is 5.33. The molecule has 1 N–H and O–H groups in total. The Bertz CT molecular complexity index is 477. The maximum absolute atomic E-state index is 12.0. The van der Waals surface area contributed by atoms with Crippen molar-refractivity contribution < 1.29 is 4.79 Å². The summed E-state index contributed by atoms with van der Waals surface area (Å²) < 4.78 is 0. The fourth-order valence-electron chi connectivity index (χ4n) is 3.73. The number of hydrogen-bond donors (Lipinski definition) is 1. The molecule has 1 aromatic carbocycles. The molecule has 0 aromatic heterocycles. The Morgan fingerprint density at radius 1 is 1.00 bits per heavy atom. The summed E-state index contributed by atoms with van der Waals surface area (Å²) in [4.78, 5) is 17.1. The zero-order valence-corrected chi connectivity index (χ0v) is 14.0. The van der Waals surface area contributed by atoms with E-state index in [1.54, 1.807) is 0 Å². The summed E-state index contributed by atoms with van der Waals surface area (Å²) in [5.41, 5.74) is 0.891. The zero-order valence-electron chi connectivity index (χ0n) is 14.0. The van der Waals surface area contributed by atoms with Gasteiger partial charge in [-0.05, 0) is 69.9 Å². The minimum Gasteiger partial charge on any atom is -0.326 e. The van der Waals surface area contributed by atoms with Gasteiger partial charge in [0.05, 0.1) is 0 Å². The second-order valence-electron chi connectivity index (χ2n) is 6.96. The monoisotopic (exact) mass is 315 g/mol. The molecule has 4 nitrogen and oxygen atoms in total. The van der Waals surface area contributed by atoms with Gasteiger partial charge in [0.1, 0.15) is 0 Å². The first-order valence-corrected chi connectivity index (χ1v) is 9.09. The highest BCUT2D eigenvalue weighted by atomic mass is 16.1. The van der Waals surface area contributed by atoms with Crippen molar-refractivity contribution in [1.29, 1.82) is 0 Å². The smallest absolute Gasteiger partial charge is 0.225 e. The largest absolute Gasteiger partial charge is 0.326 e. The van der Waals surface area contributed by atoms with Gasteiger partial charge in [-0.1, -0.05) is 18.2 Å². The molecule has 0 aliphatic carbocycles. The van der Waals surface area contributed by atoms with Crippen molar-refractivity contribution in [1.82, 2.24) is 9.80 Å². The SMILES string of the molecule is O=C(CCN1CCC(CN2CCCC2)CC1)Nc1ccccc1. The van der Waals surface area contributed by atoms with Gasteiger partial charge in [-0.2, -0.15) is 0 Å². The fraction of sp³-hybridized carbons (Fsp3) is 0.632. The molecule has 2 aliphatic rings. The molecule has 2 aliphatic heterocycles. The van der Waals surface area contributed by atoms with Crippen molar-refractivity contribution in [2.24, 2.45) is 5.92 Å². The van der Waals surface area contributed by atoms with E-state index in [2.05, 4.69) is 15.1 Å². The average Bonchev–Trinajstić information content (AvgIpc) is 3.08. The van der Waals surface area contributed by atoms with Crippen LogP contribution in [0.2, 0.25) is 0 Å². The van der Waals surface area contributed by atoms with Crippen LogP contribution in [-0.2, 0) is 4.79 Å². The van der Waals surface area contributed by atoms with E-state index in [-0.39, 0.29) is 5.91 Å². The molecule has 2 fully saturated rings. The maximum Gasteiger partial charge on any atom is 0.225 e. The number of amides is 1. The summed E-state index contributed by atoms with van der Waals surface area (Å²) in [6.45, 7) is 7.09. The van der Waals surface area contributed by atoms with Crippen molar-refractivity contribution >= 4 is 11.6 Å². The lowest BCUT2D eigenvalue weighted by Gasteiger charge is -2.33. The van der Waals surface area contributed by atoms with Crippen LogP contribution in [-0.4, -0.2) is 55.0 Å². The molecule has 4 heteroatoms. The van der Waals surface area contributed by atoms with Gasteiger partial charge in [0.15, 0.2) is 0 Å². The number of hydrogen-bond acceptors (Lipinski definition) is 3. The van der Waals surface area contributed by atoms with Gasteiger partial charge in [0.25, 0.3) is 0 Å². The number of rotatable bonds is 6. The van der Waals surface area contributed by atoms with Gasteiger partial charge in [0.2, 0.25) is 5.91 Å². The van der Waals surface area contributed by atoms with Crippen molar-refractivity contribution in [3.8, 4) is 0 Å². The molecule has 3 rings (SSSR count). The van der Waals surface area contributed by atoms with E-state index in [4.69, 9.17) is 0 Å². The average molecular weight is 315 g/mol. The second-order valence-corrected chi connectivity index (χ2v) is 6.96. The van der Waals surface area contributed by atoms with Crippen LogP contribution in [0.1, 0.15) is 32.1 Å². The van der Waals surface area contributed by atoms with Crippen LogP contribution in [0.4, 0.5) is 5.69 Å². The van der Waals surface area contributed by atoms with Crippen LogP contribution in [0.25, 0.3) is 0 Å². The maximum atomic E-state index is 12.0. The van der Waals surface area contributed by atoms with Crippen LogP contribution in [0.5, 0.6) is 0 Å². The fourth-order valence-corrected chi connectivity index (χ4v) is 3.73. The van der Waals surface area contributed by atoms with Crippen molar-refractivity contribution in [3.63, 3.8) is 0 Å². The Morgan fingerprint density at radius 2 is 1.70 bits per heavy atom. The number of likely N-dealkylation sites (tertiary alicyclic amines) is 2. The molecule has 23 heavy (non-hydrogen) atoms. The van der Waals surface area contributed by atoms with E-state index in [0.29, 0.717) is 6.42 Å². The summed E-state index contributed by atoms with van der Waals surface area (Å²) in [5, 5.41) is 2.97. The molecule has 0 unspecified atom stereocenters. The van der Waals surface area contributed by atoms with Gasteiger partial charge < -0.3 is 15.1 Å². The Labute approximate surface area is 139 Å². The summed E-state index contributed by atoms with van der Waals surface area (Å²) in [7, 11) is 0. The lowest BCUT2D eigenvalue weighted by Crippen LogP contribution is -2.39. The van der Waals surface area contributed by atoms with E-state index in [9.17, 15) is 4.79 Å². The highest BCUT2D eigenvalue weighted by Gasteiger charge is 2.22. The van der Waals surface area contributed by atoms with Gasteiger partial charge >= 0.3 is 0 Å². The van der Waals surface area contributed by atoms with E-state index in [1.807, 2.05) is 30.3 Å². The summed E-state index contributed by atoms with van der Waals surface area (Å²) in [6, 6.07) is 9.72. The third-order valence-corrected chi connectivity index (χ3v) is 5.13. The number of carbonyl (C=O) groups excluding carboxylic acids is 1. The Morgan fingerprint density at radius 3 is 2.39 bits per heavy atom. The van der Waals surface area contributed by atoms with Crippen LogP contribution in [0.15, 0.2) is 30.3 Å². The first-order valence-electron chi connectivity index (χ1n) is 9.09. The van der Waals surface area contributed by atoms with E-state index in [1.165, 1.54) is 45.3 Å². The predicted molar refractivity (Wildman–Crippen MR) is 94.5 cm³/mol. The van der Waals surface area contributed by atoms with E-state index < -0.39 is 0 Å². The van der Waals surface area contributed by atoms with Gasteiger partial charge in [-0.15, -0.1) is 0 Å². The molecule has 0 radical (unpaired) electrons. The van der Waals surface area contributed by atoms with Crippen LogP contribution in [0.3, 0.4) is 0 Å². The molecule has 1 aromatic rings. The molecule has 126 valence electrons. The quantitative estimate of drug-likeness (QED) is 0.877. The molecule has 0 atom stereocenters. The number of para-hydroxylation sites is 1. The summed E-state index contributed by atoms with van der Waals surface area (Å²) >= 11 is 0. The lowest BCUT2D eigenvalue weighted by atomic mass is 9.96. The highest BCUT2D eigenvalue weighted by Crippen LogP contribution is 2.20.